The van der Waals surface area contributed by atoms with Crippen molar-refractivity contribution in [2.75, 3.05) is 11.4 Å². The van der Waals surface area contributed by atoms with Gasteiger partial charge in [0.2, 0.25) is 11.8 Å². The predicted molar refractivity (Wildman–Crippen MR) is 66.9 cm³/mol. The summed E-state index contributed by atoms with van der Waals surface area (Å²) in [7, 11) is 0. The van der Waals surface area contributed by atoms with E-state index in [1.165, 1.54) is 0 Å². The number of amides is 2. The molecule has 17 heavy (non-hydrogen) atoms. The van der Waals surface area contributed by atoms with Gasteiger partial charge in [-0.2, -0.15) is 0 Å². The Labute approximate surface area is 107 Å². The Kier molecular flexibility index (Phi) is 3.44. The Balaban J connectivity index is 2.15. The van der Waals surface area contributed by atoms with Crippen molar-refractivity contribution in [1.82, 2.24) is 5.43 Å². The highest BCUT2D eigenvalue weighted by molar-refractivity contribution is 9.10. The van der Waals surface area contributed by atoms with Crippen LogP contribution in [0.4, 0.5) is 5.69 Å². The van der Waals surface area contributed by atoms with Crippen molar-refractivity contribution in [2.24, 2.45) is 11.8 Å². The molecule has 0 bridgehead atoms. The van der Waals surface area contributed by atoms with Gasteiger partial charge in [0.05, 0.1) is 5.92 Å². The molecule has 1 fully saturated rings. The number of benzene rings is 1. The predicted octanol–water partition coefficient (Wildman–Crippen LogP) is 0.792. The molecule has 0 radical (unpaired) electrons. The number of nitrogens with two attached hydrogens (primary N) is 1. The molecule has 1 saturated heterocycles. The van der Waals surface area contributed by atoms with E-state index in [0.29, 0.717) is 6.54 Å². The van der Waals surface area contributed by atoms with E-state index >= 15 is 0 Å². The SMILES string of the molecule is NNC(=O)C1CC(=O)N(c2ccc(Br)cc2)C1. The Morgan fingerprint density at radius 2 is 2.06 bits per heavy atom. The number of hydrogen-bond donors (Lipinski definition) is 2. The van der Waals surface area contributed by atoms with Crippen LogP contribution in [-0.4, -0.2) is 18.4 Å². The van der Waals surface area contributed by atoms with Crippen LogP contribution in [-0.2, 0) is 9.59 Å². The molecule has 0 aliphatic carbocycles. The van der Waals surface area contributed by atoms with Crippen molar-refractivity contribution in [2.45, 2.75) is 6.42 Å². The highest BCUT2D eigenvalue weighted by Crippen LogP contribution is 2.26. The van der Waals surface area contributed by atoms with Crippen molar-refractivity contribution in [1.29, 1.82) is 0 Å². The first kappa shape index (κ1) is 12.1. The molecule has 1 aliphatic heterocycles. The Bertz CT molecular complexity index is 447. The van der Waals surface area contributed by atoms with E-state index in [-0.39, 0.29) is 24.2 Å². The fraction of sp³-hybridized carbons (Fsp3) is 0.273. The topological polar surface area (TPSA) is 75.4 Å². The molecule has 2 rings (SSSR count). The molecule has 0 aromatic heterocycles. The smallest absolute Gasteiger partial charge is 0.239 e. The second kappa shape index (κ2) is 4.85. The van der Waals surface area contributed by atoms with Gasteiger partial charge in [-0.25, -0.2) is 5.84 Å². The lowest BCUT2D eigenvalue weighted by Crippen LogP contribution is -2.37. The fourth-order valence-corrected chi connectivity index (χ4v) is 2.14. The first-order chi connectivity index (χ1) is 8.11. The van der Waals surface area contributed by atoms with Crippen molar-refractivity contribution in [3.05, 3.63) is 28.7 Å². The normalized spacial score (nSPS) is 19.5. The molecule has 2 amide bonds. The van der Waals surface area contributed by atoms with Gasteiger partial charge in [-0.05, 0) is 24.3 Å². The lowest BCUT2D eigenvalue weighted by molar-refractivity contribution is -0.126. The van der Waals surface area contributed by atoms with Crippen LogP contribution in [0.3, 0.4) is 0 Å². The van der Waals surface area contributed by atoms with E-state index in [1.54, 1.807) is 4.90 Å². The molecule has 1 aromatic carbocycles. The number of hydrogen-bond acceptors (Lipinski definition) is 3. The summed E-state index contributed by atoms with van der Waals surface area (Å²) in [5.41, 5.74) is 2.88. The van der Waals surface area contributed by atoms with Gasteiger partial charge in [0.15, 0.2) is 0 Å². The molecule has 1 aliphatic rings. The Morgan fingerprint density at radius 3 is 2.65 bits per heavy atom. The van der Waals surface area contributed by atoms with Gasteiger partial charge in [-0.1, -0.05) is 15.9 Å². The van der Waals surface area contributed by atoms with Gasteiger partial charge in [-0.3, -0.25) is 15.0 Å². The third-order valence-corrected chi connectivity index (χ3v) is 3.31. The zero-order chi connectivity index (χ0) is 12.4. The minimum Gasteiger partial charge on any atom is -0.312 e. The summed E-state index contributed by atoms with van der Waals surface area (Å²) < 4.78 is 0.948. The van der Waals surface area contributed by atoms with Gasteiger partial charge in [0, 0.05) is 23.1 Å². The van der Waals surface area contributed by atoms with Crippen LogP contribution in [0.25, 0.3) is 0 Å². The molecule has 6 heteroatoms. The van der Waals surface area contributed by atoms with Gasteiger partial charge >= 0.3 is 0 Å². The molecule has 1 aromatic rings. The highest BCUT2D eigenvalue weighted by atomic mass is 79.9. The van der Waals surface area contributed by atoms with Crippen molar-refractivity contribution < 1.29 is 9.59 Å². The Morgan fingerprint density at radius 1 is 1.41 bits per heavy atom. The number of anilines is 1. The molecule has 1 heterocycles. The number of nitrogens with zero attached hydrogens (tertiary/aromatic N) is 1. The first-order valence-corrected chi connectivity index (χ1v) is 5.97. The number of carbonyl (C=O) groups is 2. The minimum absolute atomic E-state index is 0.0547. The van der Waals surface area contributed by atoms with Crippen molar-refractivity contribution in [3.63, 3.8) is 0 Å². The Hall–Kier alpha value is -1.40. The summed E-state index contributed by atoms with van der Waals surface area (Å²) >= 11 is 3.33. The van der Waals surface area contributed by atoms with Gasteiger partial charge < -0.3 is 4.90 Å². The maximum atomic E-state index is 11.8. The van der Waals surface area contributed by atoms with Crippen LogP contribution in [0.15, 0.2) is 28.7 Å². The maximum Gasteiger partial charge on any atom is 0.239 e. The second-order valence-electron chi connectivity index (χ2n) is 3.89. The van der Waals surface area contributed by atoms with Crippen LogP contribution in [0.2, 0.25) is 0 Å². The molecule has 1 unspecified atom stereocenters. The molecule has 0 saturated carbocycles. The third kappa shape index (κ3) is 2.48. The van der Waals surface area contributed by atoms with E-state index in [4.69, 9.17) is 5.84 Å². The van der Waals surface area contributed by atoms with E-state index < -0.39 is 0 Å². The standard InChI is InChI=1S/C11H12BrN3O2/c12-8-1-3-9(4-2-8)15-6-7(5-10(15)16)11(17)14-13/h1-4,7H,5-6,13H2,(H,14,17). The number of halogens is 1. The monoisotopic (exact) mass is 297 g/mol. The summed E-state index contributed by atoms with van der Waals surface area (Å²) in [6.45, 7) is 0.378. The molecule has 90 valence electrons. The molecular weight excluding hydrogens is 286 g/mol. The summed E-state index contributed by atoms with van der Waals surface area (Å²) in [6, 6.07) is 7.40. The van der Waals surface area contributed by atoms with Gasteiger partial charge in [0.25, 0.3) is 0 Å². The van der Waals surface area contributed by atoms with Crippen LogP contribution in [0, 0.1) is 5.92 Å². The molecule has 1 atom stereocenters. The summed E-state index contributed by atoms with van der Waals surface area (Å²) in [5.74, 6) is 4.35. The van der Waals surface area contributed by atoms with E-state index in [1.807, 2.05) is 24.3 Å². The molecule has 5 nitrogen and oxygen atoms in total. The van der Waals surface area contributed by atoms with Crippen LogP contribution < -0.4 is 16.2 Å². The van der Waals surface area contributed by atoms with Gasteiger partial charge in [-0.15, -0.1) is 0 Å². The van der Waals surface area contributed by atoms with Gasteiger partial charge in [0.1, 0.15) is 0 Å². The zero-order valence-electron chi connectivity index (χ0n) is 9.02. The third-order valence-electron chi connectivity index (χ3n) is 2.78. The van der Waals surface area contributed by atoms with Crippen LogP contribution in [0.1, 0.15) is 6.42 Å². The van der Waals surface area contributed by atoms with Crippen LogP contribution in [0.5, 0.6) is 0 Å². The first-order valence-electron chi connectivity index (χ1n) is 5.18. The minimum atomic E-state index is -0.365. The average Bonchev–Trinajstić information content (AvgIpc) is 2.71. The van der Waals surface area contributed by atoms with E-state index in [0.717, 1.165) is 10.2 Å². The lowest BCUT2D eigenvalue weighted by Gasteiger charge is -2.16. The summed E-state index contributed by atoms with van der Waals surface area (Å²) in [6.07, 6.45) is 0.207. The summed E-state index contributed by atoms with van der Waals surface area (Å²) in [4.78, 5) is 24.8. The van der Waals surface area contributed by atoms with Crippen molar-refractivity contribution >= 4 is 33.4 Å². The van der Waals surface area contributed by atoms with E-state index in [9.17, 15) is 9.59 Å². The zero-order valence-corrected chi connectivity index (χ0v) is 10.6. The number of rotatable bonds is 2. The quantitative estimate of drug-likeness (QED) is 0.481. The van der Waals surface area contributed by atoms with Crippen molar-refractivity contribution in [3.8, 4) is 0 Å². The van der Waals surface area contributed by atoms with E-state index in [2.05, 4.69) is 21.4 Å². The lowest BCUT2D eigenvalue weighted by atomic mass is 10.1. The largest absolute Gasteiger partial charge is 0.312 e. The highest BCUT2D eigenvalue weighted by Gasteiger charge is 2.34. The second-order valence-corrected chi connectivity index (χ2v) is 4.81. The van der Waals surface area contributed by atoms with Crippen LogP contribution >= 0.6 is 15.9 Å². The number of hydrazine groups is 1. The molecule has 0 spiro atoms. The molecule has 3 N–H and O–H groups in total. The average molecular weight is 298 g/mol. The fourth-order valence-electron chi connectivity index (χ4n) is 1.87. The molecular formula is C11H12BrN3O2. The maximum absolute atomic E-state index is 11.8. The summed E-state index contributed by atoms with van der Waals surface area (Å²) in [5, 5.41) is 0. The number of nitrogens with one attached hydrogen (secondary N) is 1. The number of carbonyl (C=O) groups excluding carboxylic acids is 2.